The van der Waals surface area contributed by atoms with Crippen molar-refractivity contribution in [3.8, 4) is 6.07 Å². The summed E-state index contributed by atoms with van der Waals surface area (Å²) in [6.07, 6.45) is 0. The number of carbonyl (C=O) groups is 1. The quantitative estimate of drug-likeness (QED) is 0.438. The summed E-state index contributed by atoms with van der Waals surface area (Å²) in [5.41, 5.74) is -0.403. The molecule has 15 heavy (non-hydrogen) atoms. The van der Waals surface area contributed by atoms with Crippen LogP contribution in [-0.4, -0.2) is 10.7 Å². The molecule has 6 heteroatoms. The Kier molecular flexibility index (Phi) is 3.02. The van der Waals surface area contributed by atoms with Crippen LogP contribution in [0.3, 0.4) is 0 Å². The Hall–Kier alpha value is -1.93. The number of ketones is 1. The molecule has 0 saturated heterocycles. The average Bonchev–Trinajstić information content (AvgIpc) is 2.17. The van der Waals surface area contributed by atoms with Crippen LogP contribution in [0.5, 0.6) is 0 Å². The first-order valence-electron chi connectivity index (χ1n) is 3.86. The lowest BCUT2D eigenvalue weighted by Gasteiger charge is -2.01. The highest BCUT2D eigenvalue weighted by molar-refractivity contribution is 6.35. The van der Waals surface area contributed by atoms with Crippen LogP contribution >= 0.6 is 11.6 Å². The van der Waals surface area contributed by atoms with E-state index in [0.29, 0.717) is 0 Å². The van der Waals surface area contributed by atoms with Gasteiger partial charge in [0.25, 0.3) is 5.69 Å². The van der Waals surface area contributed by atoms with Crippen molar-refractivity contribution in [1.29, 1.82) is 5.26 Å². The largest absolute Gasteiger partial charge is 0.294 e. The summed E-state index contributed by atoms with van der Waals surface area (Å²) in [6, 6.07) is 3.79. The molecule has 0 spiro atoms. The molecule has 0 N–H and O–H groups in total. The standard InChI is InChI=1S/C9H5ClN2O3/c1-5(13)8-3-7(12(14)15)2-6(4-11)9(8)10/h2-3H,1H3. The fourth-order valence-electron chi connectivity index (χ4n) is 1.05. The van der Waals surface area contributed by atoms with Gasteiger partial charge in [-0.1, -0.05) is 11.6 Å². The minimum absolute atomic E-state index is 0.0117. The van der Waals surface area contributed by atoms with Gasteiger partial charge in [-0.05, 0) is 6.92 Å². The number of carbonyl (C=O) groups excluding carboxylic acids is 1. The monoisotopic (exact) mass is 224 g/mol. The summed E-state index contributed by atoms with van der Waals surface area (Å²) in [4.78, 5) is 20.9. The van der Waals surface area contributed by atoms with Gasteiger partial charge in [-0.15, -0.1) is 0 Å². The van der Waals surface area contributed by atoms with Crippen molar-refractivity contribution in [1.82, 2.24) is 0 Å². The predicted octanol–water partition coefficient (Wildman–Crippen LogP) is 2.32. The van der Waals surface area contributed by atoms with Gasteiger partial charge in [-0.25, -0.2) is 0 Å². The van der Waals surface area contributed by atoms with E-state index in [9.17, 15) is 14.9 Å². The van der Waals surface area contributed by atoms with Gasteiger partial charge in [0.05, 0.1) is 15.5 Å². The second kappa shape index (κ2) is 4.07. The molecular formula is C9H5ClN2O3. The normalized spacial score (nSPS) is 9.40. The number of hydrogen-bond acceptors (Lipinski definition) is 4. The third-order valence-electron chi connectivity index (χ3n) is 1.77. The minimum atomic E-state index is -0.677. The summed E-state index contributed by atoms with van der Waals surface area (Å²) < 4.78 is 0. The molecule has 0 bridgehead atoms. The van der Waals surface area contributed by atoms with Crippen LogP contribution in [0.1, 0.15) is 22.8 Å². The Morgan fingerprint density at radius 3 is 2.60 bits per heavy atom. The average molecular weight is 225 g/mol. The first kappa shape index (κ1) is 11.1. The maximum absolute atomic E-state index is 11.1. The number of nitrogens with zero attached hydrogens (tertiary/aromatic N) is 2. The summed E-state index contributed by atoms with van der Waals surface area (Å²) in [7, 11) is 0. The number of benzene rings is 1. The SMILES string of the molecule is CC(=O)c1cc([N+](=O)[O-])cc(C#N)c1Cl. The maximum Gasteiger partial charge on any atom is 0.271 e. The van der Waals surface area contributed by atoms with E-state index in [-0.39, 0.29) is 21.8 Å². The molecule has 76 valence electrons. The Morgan fingerprint density at radius 1 is 1.60 bits per heavy atom. The fraction of sp³-hybridized carbons (Fsp3) is 0.111. The summed E-state index contributed by atoms with van der Waals surface area (Å²) in [5.74, 6) is -0.416. The Labute approximate surface area is 90.0 Å². The van der Waals surface area contributed by atoms with Crippen molar-refractivity contribution < 1.29 is 9.72 Å². The zero-order valence-corrected chi connectivity index (χ0v) is 8.41. The molecule has 0 aliphatic rings. The van der Waals surface area contributed by atoms with E-state index in [1.54, 1.807) is 6.07 Å². The van der Waals surface area contributed by atoms with Crippen molar-refractivity contribution in [2.75, 3.05) is 0 Å². The summed E-state index contributed by atoms with van der Waals surface area (Å²) in [5, 5.41) is 19.1. The van der Waals surface area contributed by atoms with Crippen molar-refractivity contribution in [2.45, 2.75) is 6.92 Å². The van der Waals surface area contributed by atoms with E-state index in [1.807, 2.05) is 0 Å². The lowest BCUT2D eigenvalue weighted by Crippen LogP contribution is -1.98. The second-order valence-electron chi connectivity index (χ2n) is 2.78. The fourth-order valence-corrected chi connectivity index (χ4v) is 1.34. The van der Waals surface area contributed by atoms with Crippen LogP contribution < -0.4 is 0 Å². The minimum Gasteiger partial charge on any atom is -0.294 e. The van der Waals surface area contributed by atoms with E-state index >= 15 is 0 Å². The van der Waals surface area contributed by atoms with Gasteiger partial charge in [0.15, 0.2) is 5.78 Å². The Bertz CT molecular complexity index is 491. The molecule has 0 fully saturated rings. The molecule has 0 heterocycles. The highest BCUT2D eigenvalue weighted by Crippen LogP contribution is 2.26. The molecule has 1 aromatic carbocycles. The van der Waals surface area contributed by atoms with Crippen molar-refractivity contribution in [3.05, 3.63) is 38.4 Å². The number of nitro benzene ring substituents is 1. The van der Waals surface area contributed by atoms with Crippen LogP contribution in [0, 0.1) is 21.4 Å². The molecule has 0 aliphatic carbocycles. The number of nitro groups is 1. The van der Waals surface area contributed by atoms with Crippen LogP contribution in [0.2, 0.25) is 5.02 Å². The van der Waals surface area contributed by atoms with E-state index in [2.05, 4.69) is 0 Å². The molecule has 0 aromatic heterocycles. The van der Waals surface area contributed by atoms with E-state index in [1.165, 1.54) is 6.92 Å². The highest BCUT2D eigenvalue weighted by Gasteiger charge is 2.17. The summed E-state index contributed by atoms with van der Waals surface area (Å²) >= 11 is 5.71. The van der Waals surface area contributed by atoms with Gasteiger partial charge in [0.1, 0.15) is 6.07 Å². The predicted molar refractivity (Wildman–Crippen MR) is 52.8 cm³/mol. The van der Waals surface area contributed by atoms with E-state index < -0.39 is 10.7 Å². The van der Waals surface area contributed by atoms with Crippen LogP contribution in [0.4, 0.5) is 5.69 Å². The molecule has 0 amide bonds. The topological polar surface area (TPSA) is 84.0 Å². The van der Waals surface area contributed by atoms with Crippen LogP contribution in [0.15, 0.2) is 12.1 Å². The van der Waals surface area contributed by atoms with Gasteiger partial charge >= 0.3 is 0 Å². The molecule has 1 rings (SSSR count). The van der Waals surface area contributed by atoms with Gasteiger partial charge in [-0.2, -0.15) is 5.26 Å². The smallest absolute Gasteiger partial charge is 0.271 e. The number of Topliss-reactive ketones (excluding diaryl/α,β-unsaturated/α-hetero) is 1. The zero-order chi connectivity index (χ0) is 11.6. The molecule has 1 aromatic rings. The lowest BCUT2D eigenvalue weighted by molar-refractivity contribution is -0.384. The number of non-ortho nitro benzene ring substituents is 1. The first-order chi connectivity index (χ1) is 6.97. The third-order valence-corrected chi connectivity index (χ3v) is 2.18. The van der Waals surface area contributed by atoms with E-state index in [4.69, 9.17) is 16.9 Å². The van der Waals surface area contributed by atoms with Gasteiger partial charge < -0.3 is 0 Å². The van der Waals surface area contributed by atoms with Crippen molar-refractivity contribution in [2.24, 2.45) is 0 Å². The van der Waals surface area contributed by atoms with Crippen molar-refractivity contribution >= 4 is 23.1 Å². The Balaban J connectivity index is 3.54. The molecule has 0 aliphatic heterocycles. The maximum atomic E-state index is 11.1. The van der Waals surface area contributed by atoms with Gasteiger partial charge in [0.2, 0.25) is 0 Å². The number of hydrogen-bond donors (Lipinski definition) is 0. The molecular weight excluding hydrogens is 220 g/mol. The molecule has 0 atom stereocenters. The molecule has 0 radical (unpaired) electrons. The summed E-state index contributed by atoms with van der Waals surface area (Å²) in [6.45, 7) is 1.23. The first-order valence-corrected chi connectivity index (χ1v) is 4.24. The molecule has 0 unspecified atom stereocenters. The van der Waals surface area contributed by atoms with Crippen LogP contribution in [-0.2, 0) is 0 Å². The molecule has 0 saturated carbocycles. The van der Waals surface area contributed by atoms with Crippen molar-refractivity contribution in [3.63, 3.8) is 0 Å². The number of halogens is 1. The Morgan fingerprint density at radius 2 is 2.20 bits per heavy atom. The second-order valence-corrected chi connectivity index (χ2v) is 3.16. The van der Waals surface area contributed by atoms with Crippen LogP contribution in [0.25, 0.3) is 0 Å². The van der Waals surface area contributed by atoms with Gasteiger partial charge in [0, 0.05) is 17.7 Å². The van der Waals surface area contributed by atoms with Gasteiger partial charge in [-0.3, -0.25) is 14.9 Å². The lowest BCUT2D eigenvalue weighted by atomic mass is 10.1. The number of rotatable bonds is 2. The molecule has 5 nitrogen and oxygen atoms in total. The third kappa shape index (κ3) is 2.11. The number of nitriles is 1. The highest BCUT2D eigenvalue weighted by atomic mass is 35.5. The van der Waals surface area contributed by atoms with E-state index in [0.717, 1.165) is 12.1 Å². The zero-order valence-electron chi connectivity index (χ0n) is 7.65.